The van der Waals surface area contributed by atoms with Crippen molar-refractivity contribution in [3.63, 3.8) is 0 Å². The van der Waals surface area contributed by atoms with Crippen molar-refractivity contribution in [3.05, 3.63) is 0 Å². The number of piperazine rings is 1. The summed E-state index contributed by atoms with van der Waals surface area (Å²) in [7, 11) is 2.25. The molecule has 0 aromatic heterocycles. The second kappa shape index (κ2) is 39.3. The fourth-order valence-electron chi connectivity index (χ4n) is 8.74. The molecule has 332 valence electrons. The van der Waals surface area contributed by atoms with Crippen LogP contribution in [0.25, 0.3) is 0 Å². The summed E-state index contributed by atoms with van der Waals surface area (Å²) in [4.78, 5) is 30.3. The number of rotatable bonds is 41. The van der Waals surface area contributed by atoms with E-state index >= 15 is 0 Å². The Morgan fingerprint density at radius 3 is 1.11 bits per heavy atom. The van der Waals surface area contributed by atoms with Gasteiger partial charge in [0.1, 0.15) is 0 Å². The largest absolute Gasteiger partial charge is 0.466 e. The van der Waals surface area contributed by atoms with Crippen LogP contribution in [0.3, 0.4) is 0 Å². The van der Waals surface area contributed by atoms with Crippen LogP contribution < -0.4 is 0 Å². The highest BCUT2D eigenvalue weighted by Crippen LogP contribution is 2.25. The lowest BCUT2D eigenvalue weighted by molar-refractivity contribution is -0.146. The van der Waals surface area contributed by atoms with E-state index in [2.05, 4.69) is 44.5 Å². The summed E-state index contributed by atoms with van der Waals surface area (Å²) >= 11 is 0. The fourth-order valence-corrected chi connectivity index (χ4v) is 8.74. The Morgan fingerprint density at radius 2 is 0.732 bits per heavy atom. The third-order valence-corrected chi connectivity index (χ3v) is 12.8. The van der Waals surface area contributed by atoms with Crippen LogP contribution in [0.5, 0.6) is 0 Å². The molecule has 0 aromatic carbocycles. The lowest BCUT2D eigenvalue weighted by atomic mass is 9.91. The number of hydrogen-bond donors (Lipinski definition) is 0. The number of nitrogens with zero attached hydrogens (tertiary/aromatic N) is 2. The van der Waals surface area contributed by atoms with Crippen molar-refractivity contribution in [2.75, 3.05) is 53.0 Å². The van der Waals surface area contributed by atoms with Gasteiger partial charge in [-0.3, -0.25) is 9.59 Å². The molecular weight excluding hydrogens is 693 g/mol. The van der Waals surface area contributed by atoms with Gasteiger partial charge in [-0.1, -0.05) is 182 Å². The highest BCUT2D eigenvalue weighted by molar-refractivity contribution is 5.70. The molecule has 0 radical (unpaired) electrons. The average Bonchev–Trinajstić information content (AvgIpc) is 3.19. The van der Waals surface area contributed by atoms with E-state index in [0.29, 0.717) is 37.9 Å². The molecule has 6 nitrogen and oxygen atoms in total. The summed E-state index contributed by atoms with van der Waals surface area (Å²) < 4.78 is 11.4. The Bertz CT molecular complexity index is 840. The first-order valence-electron chi connectivity index (χ1n) is 25.1. The molecule has 0 N–H and O–H groups in total. The smallest absolute Gasteiger partial charge is 0.306 e. The minimum absolute atomic E-state index is 0.0394. The van der Waals surface area contributed by atoms with Crippen molar-refractivity contribution in [1.29, 1.82) is 0 Å². The summed E-state index contributed by atoms with van der Waals surface area (Å²) in [5, 5.41) is 0. The Hall–Kier alpha value is -1.14. The molecule has 1 unspecified atom stereocenters. The van der Waals surface area contributed by atoms with E-state index in [4.69, 9.17) is 9.47 Å². The second-order valence-corrected chi connectivity index (χ2v) is 18.2. The molecule has 56 heavy (non-hydrogen) atoms. The lowest BCUT2D eigenvalue weighted by Crippen LogP contribution is -2.44. The second-order valence-electron chi connectivity index (χ2n) is 18.2. The number of carbonyl (C=O) groups is 2. The zero-order chi connectivity index (χ0) is 40.7. The van der Waals surface area contributed by atoms with Crippen LogP contribution in [-0.4, -0.2) is 74.7 Å². The first-order valence-corrected chi connectivity index (χ1v) is 25.1. The highest BCUT2D eigenvalue weighted by Gasteiger charge is 2.18. The van der Waals surface area contributed by atoms with E-state index in [1.807, 2.05) is 0 Å². The monoisotopic (exact) mass is 791 g/mol. The molecule has 0 spiro atoms. The molecule has 6 heteroatoms. The lowest BCUT2D eigenvalue weighted by Gasteiger charge is -2.33. The van der Waals surface area contributed by atoms with Crippen LogP contribution in [0.2, 0.25) is 0 Å². The van der Waals surface area contributed by atoms with Gasteiger partial charge in [0.05, 0.1) is 13.2 Å². The predicted molar refractivity (Wildman–Crippen MR) is 241 cm³/mol. The number of likely N-dealkylation sites (N-methyl/N-ethyl adjacent to an activating group) is 1. The van der Waals surface area contributed by atoms with Gasteiger partial charge in [-0.15, -0.1) is 0 Å². The minimum Gasteiger partial charge on any atom is -0.466 e. The molecule has 1 fully saturated rings. The third kappa shape index (κ3) is 32.8. The topological polar surface area (TPSA) is 59.1 Å². The summed E-state index contributed by atoms with van der Waals surface area (Å²) in [6, 6.07) is 0. The van der Waals surface area contributed by atoms with Crippen molar-refractivity contribution in [3.8, 4) is 0 Å². The van der Waals surface area contributed by atoms with Crippen LogP contribution in [-0.2, 0) is 19.1 Å². The molecule has 0 bridgehead atoms. The van der Waals surface area contributed by atoms with Gasteiger partial charge in [0, 0.05) is 39.0 Å². The quantitative estimate of drug-likeness (QED) is 0.0454. The first kappa shape index (κ1) is 52.9. The van der Waals surface area contributed by atoms with Gasteiger partial charge in [-0.2, -0.15) is 0 Å². The summed E-state index contributed by atoms with van der Waals surface area (Å²) in [6.07, 6.45) is 40.1. The maximum Gasteiger partial charge on any atom is 0.306 e. The molecule has 1 saturated heterocycles. The summed E-state index contributed by atoms with van der Waals surface area (Å²) in [5.41, 5.74) is 0. The molecule has 1 atom stereocenters. The van der Waals surface area contributed by atoms with Gasteiger partial charge in [0.25, 0.3) is 0 Å². The number of ether oxygens (including phenoxy) is 2. The molecule has 0 aliphatic carbocycles. The van der Waals surface area contributed by atoms with Crippen LogP contribution in [0.15, 0.2) is 0 Å². The molecule has 1 aliphatic heterocycles. The Morgan fingerprint density at radius 1 is 0.411 bits per heavy atom. The Labute approximate surface area is 350 Å². The predicted octanol–water partition coefficient (Wildman–Crippen LogP) is 14.1. The number of hydrogen-bond acceptors (Lipinski definition) is 6. The van der Waals surface area contributed by atoms with Crippen molar-refractivity contribution in [1.82, 2.24) is 9.80 Å². The Balaban J connectivity index is 2.24. The molecule has 1 aliphatic rings. The SMILES string of the molecule is CCCCCC(CCCCC)CC(=O)OCCCCCCCCCC(CCCCCCCOC(=O)CC(CCCCC)CCCCC)CCN1CCN(C)CC1. The normalized spacial score (nSPS) is 14.6. The van der Waals surface area contributed by atoms with E-state index in [9.17, 15) is 9.59 Å². The summed E-state index contributed by atoms with van der Waals surface area (Å²) in [6.45, 7) is 16.4. The molecule has 0 saturated carbocycles. The van der Waals surface area contributed by atoms with Crippen molar-refractivity contribution < 1.29 is 19.1 Å². The van der Waals surface area contributed by atoms with Crippen LogP contribution in [0.1, 0.15) is 240 Å². The van der Waals surface area contributed by atoms with E-state index in [1.54, 1.807) is 0 Å². The van der Waals surface area contributed by atoms with Crippen LogP contribution in [0.4, 0.5) is 0 Å². The Kier molecular flexibility index (Phi) is 37.1. The maximum atomic E-state index is 12.6. The van der Waals surface area contributed by atoms with Gasteiger partial charge in [0.15, 0.2) is 0 Å². The number of esters is 2. The van der Waals surface area contributed by atoms with Gasteiger partial charge in [-0.25, -0.2) is 0 Å². The van der Waals surface area contributed by atoms with Crippen molar-refractivity contribution in [2.45, 2.75) is 240 Å². The van der Waals surface area contributed by atoms with E-state index in [0.717, 1.165) is 18.8 Å². The van der Waals surface area contributed by atoms with Crippen molar-refractivity contribution in [2.24, 2.45) is 17.8 Å². The first-order chi connectivity index (χ1) is 27.4. The van der Waals surface area contributed by atoms with E-state index in [-0.39, 0.29) is 11.9 Å². The van der Waals surface area contributed by atoms with Gasteiger partial charge in [-0.05, 0) is 76.3 Å². The zero-order valence-corrected chi connectivity index (χ0v) is 38.5. The standard InChI is InChI=1S/C50H98N2O4/c1-6-10-22-32-47(33-23-11-7-2)44-49(53)55-42-28-20-16-14-15-18-26-30-46(36-37-52-40-38-51(5)39-41-52)31-27-19-17-21-29-43-56-50(54)45-48(34-24-12-8-3)35-25-13-9-4/h46-48H,6-45H2,1-5H3. The number of unbranched alkanes of at least 4 members (excludes halogenated alkanes) is 18. The van der Waals surface area contributed by atoms with E-state index in [1.165, 1.54) is 219 Å². The van der Waals surface area contributed by atoms with Crippen LogP contribution >= 0.6 is 0 Å². The number of carbonyl (C=O) groups excluding carboxylic acids is 2. The summed E-state index contributed by atoms with van der Waals surface area (Å²) in [5.74, 6) is 1.97. The molecule has 0 aromatic rings. The zero-order valence-electron chi connectivity index (χ0n) is 38.5. The fraction of sp³-hybridized carbons (Fsp3) is 0.960. The average molecular weight is 791 g/mol. The third-order valence-electron chi connectivity index (χ3n) is 12.8. The van der Waals surface area contributed by atoms with E-state index < -0.39 is 0 Å². The van der Waals surface area contributed by atoms with Gasteiger partial charge >= 0.3 is 11.9 Å². The molecular formula is C50H98N2O4. The molecule has 0 amide bonds. The van der Waals surface area contributed by atoms with Gasteiger partial charge in [0.2, 0.25) is 0 Å². The molecule has 1 rings (SSSR count). The van der Waals surface area contributed by atoms with Crippen molar-refractivity contribution >= 4 is 11.9 Å². The maximum absolute atomic E-state index is 12.6. The molecule has 1 heterocycles. The highest BCUT2D eigenvalue weighted by atomic mass is 16.5. The van der Waals surface area contributed by atoms with Crippen LogP contribution in [0, 0.1) is 17.8 Å². The minimum atomic E-state index is 0.0394. The van der Waals surface area contributed by atoms with Gasteiger partial charge < -0.3 is 19.3 Å².